The fourth-order valence-corrected chi connectivity index (χ4v) is 6.39. The number of hydrogen-bond donors (Lipinski definition) is 3. The second kappa shape index (κ2) is 8.44. The smallest absolute Gasteiger partial charge is 0.189 e. The van der Waals surface area contributed by atoms with E-state index in [0.717, 1.165) is 55.4 Å². The number of aromatic amines is 1. The van der Waals surface area contributed by atoms with Gasteiger partial charge in [-0.25, -0.2) is 0 Å². The summed E-state index contributed by atoms with van der Waals surface area (Å²) in [6, 6.07) is 8.14. The average molecular weight is 466 g/mol. The largest absolute Gasteiger partial charge is 0.372 e. The zero-order chi connectivity index (χ0) is 24.2. The first kappa shape index (κ1) is 22.2. The molecule has 0 radical (unpaired) electrons. The minimum atomic E-state index is 0.106. The Bertz CT molecular complexity index is 1430. The molecule has 35 heavy (non-hydrogen) atoms. The number of hydrogen-bond acceptors (Lipinski definition) is 3. The first-order valence-electron chi connectivity index (χ1n) is 13.1. The molecule has 2 aromatic rings. The third-order valence-electron chi connectivity index (χ3n) is 8.59. The predicted molar refractivity (Wildman–Crippen MR) is 145 cm³/mol. The summed E-state index contributed by atoms with van der Waals surface area (Å²) in [6.45, 7) is 7.55. The summed E-state index contributed by atoms with van der Waals surface area (Å²) in [5.41, 5.74) is 12.3. The molecule has 4 nitrogen and oxygen atoms in total. The van der Waals surface area contributed by atoms with E-state index in [1.165, 1.54) is 28.8 Å². The maximum atomic E-state index is 12.7. The first-order chi connectivity index (χ1) is 16.9. The summed E-state index contributed by atoms with van der Waals surface area (Å²) < 4.78 is 0. The van der Waals surface area contributed by atoms with Gasteiger partial charge in [-0.1, -0.05) is 44.6 Å². The molecular formula is C31H35N3O. The fourth-order valence-electron chi connectivity index (χ4n) is 6.39. The lowest BCUT2D eigenvalue weighted by molar-refractivity contribution is 0.340. The van der Waals surface area contributed by atoms with Crippen LogP contribution in [0.25, 0.3) is 16.5 Å². The number of pyridine rings is 1. The summed E-state index contributed by atoms with van der Waals surface area (Å²) in [5, 5.41) is 7.50. The highest BCUT2D eigenvalue weighted by Crippen LogP contribution is 2.55. The Balaban J connectivity index is 1.41. The monoisotopic (exact) mass is 465 g/mol. The van der Waals surface area contributed by atoms with Gasteiger partial charge in [-0.15, -0.1) is 0 Å². The molecule has 1 aromatic carbocycles. The Labute approximate surface area is 207 Å². The van der Waals surface area contributed by atoms with Crippen LogP contribution < -0.4 is 16.1 Å². The number of rotatable bonds is 4. The highest BCUT2D eigenvalue weighted by molar-refractivity contribution is 5.86. The standard InChI is InChI=1S/C31H35N3O/c1-4-31(3)15-26-23(20-5-7-21(8-6-20)29-17-32-18-33-29)10-11-24(27(26)16-31)22-9-12-28-25(14-22)30(35)13-19(2)34-28/h5-7,9,12-14,17,21,32-33H,4,8,10-11,15-16,18H2,1-3H3,(H,34,35). The van der Waals surface area contributed by atoms with Crippen molar-refractivity contribution in [2.24, 2.45) is 11.3 Å². The van der Waals surface area contributed by atoms with Gasteiger partial charge < -0.3 is 15.6 Å². The molecule has 3 N–H and O–H groups in total. The number of allylic oxidation sites excluding steroid dienone is 8. The van der Waals surface area contributed by atoms with Crippen molar-refractivity contribution in [2.75, 3.05) is 6.67 Å². The zero-order valence-corrected chi connectivity index (χ0v) is 21.1. The Morgan fingerprint density at radius 1 is 1.06 bits per heavy atom. The SMILES string of the molecule is CCC1(C)CC2=C(C3=CCC(C4=CNCN4)C=C3)CCC(c3ccc4[nH]c(C)cc(=O)c4c3)=C2C1. The second-order valence-electron chi connectivity index (χ2n) is 11.0. The van der Waals surface area contributed by atoms with Crippen LogP contribution in [-0.2, 0) is 0 Å². The molecule has 1 fully saturated rings. The number of H-pyrrole nitrogens is 1. The maximum Gasteiger partial charge on any atom is 0.189 e. The van der Waals surface area contributed by atoms with Crippen LogP contribution in [0.3, 0.4) is 0 Å². The molecular weight excluding hydrogens is 430 g/mol. The van der Waals surface area contributed by atoms with Crippen molar-refractivity contribution in [2.45, 2.75) is 59.3 Å². The summed E-state index contributed by atoms with van der Waals surface area (Å²) in [4.78, 5) is 16.1. The molecule has 4 heteroatoms. The molecule has 180 valence electrons. The van der Waals surface area contributed by atoms with Gasteiger partial charge in [-0.3, -0.25) is 4.79 Å². The zero-order valence-electron chi connectivity index (χ0n) is 21.1. The van der Waals surface area contributed by atoms with Crippen LogP contribution in [0, 0.1) is 18.3 Å². The molecule has 0 spiro atoms. The van der Waals surface area contributed by atoms with Gasteiger partial charge in [0, 0.05) is 40.5 Å². The average Bonchev–Trinajstić information content (AvgIpc) is 3.52. The second-order valence-corrected chi connectivity index (χ2v) is 11.0. The molecule has 1 aliphatic heterocycles. The molecule has 3 aliphatic carbocycles. The molecule has 0 saturated heterocycles. The van der Waals surface area contributed by atoms with Gasteiger partial charge in [-0.05, 0) is 90.0 Å². The van der Waals surface area contributed by atoms with E-state index < -0.39 is 0 Å². The molecule has 6 rings (SSSR count). The quantitative estimate of drug-likeness (QED) is 0.491. The van der Waals surface area contributed by atoms with Gasteiger partial charge in [-0.2, -0.15) is 0 Å². The van der Waals surface area contributed by atoms with Crippen molar-refractivity contribution >= 4 is 16.5 Å². The van der Waals surface area contributed by atoms with Crippen LogP contribution in [0.2, 0.25) is 0 Å². The lowest BCUT2D eigenvalue weighted by Crippen LogP contribution is -2.18. The Hall–Kier alpha value is -3.27. The van der Waals surface area contributed by atoms with E-state index in [-0.39, 0.29) is 5.43 Å². The van der Waals surface area contributed by atoms with Crippen molar-refractivity contribution in [3.63, 3.8) is 0 Å². The van der Waals surface area contributed by atoms with Crippen molar-refractivity contribution in [1.29, 1.82) is 0 Å². The van der Waals surface area contributed by atoms with Gasteiger partial charge in [0.15, 0.2) is 5.43 Å². The number of nitrogens with one attached hydrogen (secondary N) is 3. The Morgan fingerprint density at radius 2 is 1.86 bits per heavy atom. The Kier molecular flexibility index (Phi) is 5.36. The third-order valence-corrected chi connectivity index (χ3v) is 8.59. The summed E-state index contributed by atoms with van der Waals surface area (Å²) in [7, 11) is 0. The fraction of sp³-hybridized carbons (Fsp3) is 0.387. The van der Waals surface area contributed by atoms with Crippen LogP contribution in [0.5, 0.6) is 0 Å². The molecule has 1 saturated carbocycles. The van der Waals surface area contributed by atoms with Gasteiger partial charge >= 0.3 is 0 Å². The van der Waals surface area contributed by atoms with E-state index in [1.807, 2.05) is 6.92 Å². The normalized spacial score (nSPS) is 26.0. The van der Waals surface area contributed by atoms with Crippen LogP contribution in [0.4, 0.5) is 0 Å². The van der Waals surface area contributed by atoms with Crippen molar-refractivity contribution in [1.82, 2.24) is 15.6 Å². The maximum absolute atomic E-state index is 12.7. The highest BCUT2D eigenvalue weighted by atomic mass is 16.1. The van der Waals surface area contributed by atoms with Crippen LogP contribution >= 0.6 is 0 Å². The van der Waals surface area contributed by atoms with Crippen molar-refractivity contribution in [3.05, 3.63) is 98.2 Å². The first-order valence-corrected chi connectivity index (χ1v) is 13.1. The molecule has 2 unspecified atom stereocenters. The van der Waals surface area contributed by atoms with E-state index in [2.05, 4.69) is 72.1 Å². The Morgan fingerprint density at radius 3 is 2.57 bits per heavy atom. The molecule has 0 bridgehead atoms. The van der Waals surface area contributed by atoms with Crippen molar-refractivity contribution < 1.29 is 0 Å². The number of aromatic nitrogens is 1. The molecule has 1 aromatic heterocycles. The summed E-state index contributed by atoms with van der Waals surface area (Å²) >= 11 is 0. The lowest BCUT2D eigenvalue weighted by atomic mass is 9.79. The minimum absolute atomic E-state index is 0.106. The van der Waals surface area contributed by atoms with Crippen LogP contribution in [0.1, 0.15) is 63.6 Å². The minimum Gasteiger partial charge on any atom is -0.372 e. The molecule has 4 aliphatic rings. The van der Waals surface area contributed by atoms with Gasteiger partial charge in [0.2, 0.25) is 0 Å². The van der Waals surface area contributed by atoms with Gasteiger partial charge in [0.1, 0.15) is 0 Å². The van der Waals surface area contributed by atoms with E-state index in [4.69, 9.17) is 0 Å². The number of fused-ring (bicyclic) bond motifs is 2. The van der Waals surface area contributed by atoms with E-state index in [1.54, 1.807) is 22.8 Å². The van der Waals surface area contributed by atoms with E-state index in [0.29, 0.717) is 11.3 Å². The molecule has 2 heterocycles. The van der Waals surface area contributed by atoms with Crippen molar-refractivity contribution in [3.8, 4) is 0 Å². The predicted octanol–water partition coefficient (Wildman–Crippen LogP) is 6.38. The van der Waals surface area contributed by atoms with Gasteiger partial charge in [0.05, 0.1) is 6.67 Å². The van der Waals surface area contributed by atoms with Crippen LogP contribution in [-0.4, -0.2) is 11.7 Å². The van der Waals surface area contributed by atoms with E-state index >= 15 is 0 Å². The van der Waals surface area contributed by atoms with Crippen LogP contribution in [0.15, 0.2) is 81.5 Å². The number of benzene rings is 1. The molecule has 0 amide bonds. The third kappa shape index (κ3) is 3.89. The number of aryl methyl sites for hydroxylation is 1. The molecule has 2 atom stereocenters. The lowest BCUT2D eigenvalue weighted by Gasteiger charge is -2.26. The topological polar surface area (TPSA) is 56.9 Å². The van der Waals surface area contributed by atoms with E-state index in [9.17, 15) is 4.79 Å². The van der Waals surface area contributed by atoms with Gasteiger partial charge in [0.25, 0.3) is 0 Å². The summed E-state index contributed by atoms with van der Waals surface area (Å²) in [5.74, 6) is 0.442. The highest BCUT2D eigenvalue weighted by Gasteiger charge is 2.39. The summed E-state index contributed by atoms with van der Waals surface area (Å²) in [6.07, 6.45) is 15.9.